The molecule has 1 nitrogen and oxygen atoms in total. The standard InChI is InChI=1S/C14H12F2N/c15-12-8-11(9-13(16)10-12)6-7-17-14-4-2-1-3-5-14/h2-5,8-10,17H,6-7H2. The van der Waals surface area contributed by atoms with Crippen LogP contribution in [0.5, 0.6) is 0 Å². The fourth-order valence-electron chi connectivity index (χ4n) is 1.61. The molecule has 0 atom stereocenters. The second-order valence-corrected chi connectivity index (χ2v) is 3.74. The van der Waals surface area contributed by atoms with Crippen molar-refractivity contribution in [1.29, 1.82) is 0 Å². The molecule has 0 spiro atoms. The highest BCUT2D eigenvalue weighted by atomic mass is 19.1. The van der Waals surface area contributed by atoms with E-state index in [1.54, 1.807) is 0 Å². The molecule has 0 aliphatic carbocycles. The van der Waals surface area contributed by atoms with Gasteiger partial charge in [0.25, 0.3) is 0 Å². The average molecular weight is 232 g/mol. The van der Waals surface area contributed by atoms with Gasteiger partial charge in [-0.05, 0) is 42.3 Å². The first-order valence-corrected chi connectivity index (χ1v) is 5.39. The van der Waals surface area contributed by atoms with Crippen molar-refractivity contribution in [2.24, 2.45) is 0 Å². The molecule has 0 aliphatic heterocycles. The molecule has 3 heteroatoms. The lowest BCUT2D eigenvalue weighted by atomic mass is 10.1. The highest BCUT2D eigenvalue weighted by Crippen LogP contribution is 2.09. The van der Waals surface area contributed by atoms with Gasteiger partial charge in [0.2, 0.25) is 0 Å². The van der Waals surface area contributed by atoms with Gasteiger partial charge in [-0.3, -0.25) is 0 Å². The van der Waals surface area contributed by atoms with E-state index in [1.807, 2.05) is 24.3 Å². The minimum atomic E-state index is -0.533. The van der Waals surface area contributed by atoms with E-state index in [0.29, 0.717) is 18.5 Å². The van der Waals surface area contributed by atoms with Crippen LogP contribution in [0.4, 0.5) is 14.5 Å². The first-order chi connectivity index (χ1) is 8.24. The second-order valence-electron chi connectivity index (χ2n) is 3.74. The van der Waals surface area contributed by atoms with Crippen LogP contribution in [0.15, 0.2) is 42.5 Å². The molecule has 0 bridgehead atoms. The van der Waals surface area contributed by atoms with Gasteiger partial charge >= 0.3 is 0 Å². The highest BCUT2D eigenvalue weighted by molar-refractivity contribution is 5.42. The summed E-state index contributed by atoms with van der Waals surface area (Å²) in [5.74, 6) is -1.07. The maximum Gasteiger partial charge on any atom is 0.126 e. The Labute approximate surface area is 99.1 Å². The quantitative estimate of drug-likeness (QED) is 0.851. The molecule has 0 saturated heterocycles. The summed E-state index contributed by atoms with van der Waals surface area (Å²) in [4.78, 5) is 0. The van der Waals surface area contributed by atoms with Gasteiger partial charge < -0.3 is 5.32 Å². The second kappa shape index (κ2) is 5.43. The SMILES string of the molecule is Fc1cc(F)cc(CCNc2cc[c]cc2)c1. The van der Waals surface area contributed by atoms with Crippen LogP contribution in [0, 0.1) is 17.7 Å². The van der Waals surface area contributed by atoms with E-state index in [4.69, 9.17) is 0 Å². The molecule has 1 radical (unpaired) electrons. The Kier molecular flexibility index (Phi) is 3.70. The Balaban J connectivity index is 1.90. The Morgan fingerprint density at radius 1 is 1.00 bits per heavy atom. The fraction of sp³-hybridized carbons (Fsp3) is 0.143. The van der Waals surface area contributed by atoms with Gasteiger partial charge in [0.15, 0.2) is 0 Å². The van der Waals surface area contributed by atoms with Crippen LogP contribution in [0.2, 0.25) is 0 Å². The van der Waals surface area contributed by atoms with E-state index in [-0.39, 0.29) is 0 Å². The third kappa shape index (κ3) is 3.55. The van der Waals surface area contributed by atoms with E-state index in [2.05, 4.69) is 11.4 Å². The lowest BCUT2D eigenvalue weighted by Gasteiger charge is -2.06. The summed E-state index contributed by atoms with van der Waals surface area (Å²) in [5, 5.41) is 3.17. The van der Waals surface area contributed by atoms with Crippen molar-refractivity contribution >= 4 is 5.69 Å². The molecule has 0 aromatic heterocycles. The predicted molar refractivity (Wildman–Crippen MR) is 63.8 cm³/mol. The normalized spacial score (nSPS) is 10.2. The van der Waals surface area contributed by atoms with Crippen LogP contribution in [-0.2, 0) is 6.42 Å². The molecule has 0 saturated carbocycles. The third-order valence-corrected chi connectivity index (χ3v) is 2.38. The van der Waals surface area contributed by atoms with Crippen LogP contribution >= 0.6 is 0 Å². The molecule has 0 heterocycles. The smallest absolute Gasteiger partial charge is 0.126 e. The van der Waals surface area contributed by atoms with E-state index < -0.39 is 11.6 Å². The van der Waals surface area contributed by atoms with E-state index in [1.165, 1.54) is 12.1 Å². The highest BCUT2D eigenvalue weighted by Gasteiger charge is 2.00. The lowest BCUT2D eigenvalue weighted by Crippen LogP contribution is -2.05. The number of nitrogens with one attached hydrogen (secondary N) is 1. The molecule has 0 fully saturated rings. The molecule has 1 N–H and O–H groups in total. The number of halogens is 2. The van der Waals surface area contributed by atoms with Crippen molar-refractivity contribution in [3.05, 3.63) is 65.7 Å². The zero-order valence-corrected chi connectivity index (χ0v) is 9.21. The molecule has 0 unspecified atom stereocenters. The monoisotopic (exact) mass is 232 g/mol. The molecule has 2 rings (SSSR count). The fourth-order valence-corrected chi connectivity index (χ4v) is 1.61. The molecule has 0 aliphatic rings. The van der Waals surface area contributed by atoms with Gasteiger partial charge in [-0.25, -0.2) is 8.78 Å². The summed E-state index contributed by atoms with van der Waals surface area (Å²) in [6, 6.07) is 13.9. The molecule has 87 valence electrons. The Morgan fingerprint density at radius 2 is 1.65 bits per heavy atom. The van der Waals surface area contributed by atoms with Gasteiger partial charge in [0.1, 0.15) is 11.6 Å². The summed E-state index contributed by atoms with van der Waals surface area (Å²) in [5.41, 5.74) is 1.62. The summed E-state index contributed by atoms with van der Waals surface area (Å²) < 4.78 is 25.8. The molecule has 17 heavy (non-hydrogen) atoms. The van der Waals surface area contributed by atoms with Crippen LogP contribution in [0.3, 0.4) is 0 Å². The zero-order chi connectivity index (χ0) is 12.1. The largest absolute Gasteiger partial charge is 0.385 e. The minimum absolute atomic E-state index is 0.533. The maximum atomic E-state index is 12.9. The van der Waals surface area contributed by atoms with Crippen LogP contribution in [0.25, 0.3) is 0 Å². The maximum absolute atomic E-state index is 12.9. The molecular weight excluding hydrogens is 220 g/mol. The van der Waals surface area contributed by atoms with E-state index in [9.17, 15) is 8.78 Å². The van der Waals surface area contributed by atoms with Crippen molar-refractivity contribution in [3.8, 4) is 0 Å². The van der Waals surface area contributed by atoms with Gasteiger partial charge in [0.05, 0.1) is 0 Å². The van der Waals surface area contributed by atoms with E-state index in [0.717, 1.165) is 11.8 Å². The van der Waals surface area contributed by atoms with Gasteiger partial charge in [-0.2, -0.15) is 0 Å². The minimum Gasteiger partial charge on any atom is -0.385 e. The number of benzene rings is 2. The summed E-state index contributed by atoms with van der Waals surface area (Å²) in [7, 11) is 0. The van der Waals surface area contributed by atoms with Gasteiger partial charge in [0, 0.05) is 18.3 Å². The summed E-state index contributed by atoms with van der Waals surface area (Å²) in [6.45, 7) is 0.632. The summed E-state index contributed by atoms with van der Waals surface area (Å²) in [6.07, 6.45) is 0.577. The van der Waals surface area contributed by atoms with Crippen LogP contribution in [-0.4, -0.2) is 6.54 Å². The Hall–Kier alpha value is -1.90. The van der Waals surface area contributed by atoms with Gasteiger partial charge in [-0.15, -0.1) is 0 Å². The number of hydrogen-bond donors (Lipinski definition) is 1. The number of hydrogen-bond acceptors (Lipinski definition) is 1. The topological polar surface area (TPSA) is 12.0 Å². The molecule has 2 aromatic rings. The first-order valence-electron chi connectivity index (χ1n) is 5.39. The van der Waals surface area contributed by atoms with Crippen molar-refractivity contribution in [1.82, 2.24) is 0 Å². The van der Waals surface area contributed by atoms with Crippen molar-refractivity contribution in [2.75, 3.05) is 11.9 Å². The van der Waals surface area contributed by atoms with E-state index >= 15 is 0 Å². The van der Waals surface area contributed by atoms with Crippen LogP contribution in [0.1, 0.15) is 5.56 Å². The van der Waals surface area contributed by atoms with Crippen LogP contribution < -0.4 is 5.32 Å². The number of rotatable bonds is 4. The number of anilines is 1. The summed E-state index contributed by atoms with van der Waals surface area (Å²) >= 11 is 0. The predicted octanol–water partition coefficient (Wildman–Crippen LogP) is 3.42. The lowest BCUT2D eigenvalue weighted by molar-refractivity contribution is 0.580. The van der Waals surface area contributed by atoms with Gasteiger partial charge in [-0.1, -0.05) is 12.1 Å². The molecule has 2 aromatic carbocycles. The Bertz CT molecular complexity index is 463. The first kappa shape index (κ1) is 11.6. The average Bonchev–Trinajstić information content (AvgIpc) is 2.29. The Morgan fingerprint density at radius 3 is 2.29 bits per heavy atom. The zero-order valence-electron chi connectivity index (χ0n) is 9.21. The van der Waals surface area contributed by atoms with Crippen molar-refractivity contribution < 1.29 is 8.78 Å². The van der Waals surface area contributed by atoms with Crippen molar-refractivity contribution in [3.63, 3.8) is 0 Å². The third-order valence-electron chi connectivity index (χ3n) is 2.38. The molecule has 0 amide bonds. The molecular formula is C14H12F2N. The van der Waals surface area contributed by atoms with Crippen molar-refractivity contribution in [2.45, 2.75) is 6.42 Å².